The van der Waals surface area contributed by atoms with Gasteiger partial charge in [-0.05, 0) is 70.6 Å². The fraction of sp³-hybridized carbons (Fsp3) is 0.750. The van der Waals surface area contributed by atoms with Gasteiger partial charge in [0, 0.05) is 6.42 Å². The van der Waals surface area contributed by atoms with Crippen LogP contribution < -0.4 is 5.32 Å². The molecule has 0 aromatic rings. The fourth-order valence-electron chi connectivity index (χ4n) is 7.01. The SMILES string of the molecule is CC/C=C\C/C=C\C/C=C\C/C=C\CCCCCCCCC(=O)NC(CO)C(O)/C=C/CC/C=C/CCCCCCCCCCCCCCCCCCCCC. The number of unbranched alkanes of at least 4 members (excludes halogenated alkanes) is 26. The Kier molecular flexibility index (Phi) is 45.4. The van der Waals surface area contributed by atoms with Gasteiger partial charge in [-0.25, -0.2) is 0 Å². The number of rotatable bonds is 43. The predicted octanol–water partition coefficient (Wildman–Crippen LogP) is 15.5. The molecule has 4 heteroatoms. The van der Waals surface area contributed by atoms with E-state index < -0.39 is 12.1 Å². The lowest BCUT2D eigenvalue weighted by atomic mass is 10.0. The van der Waals surface area contributed by atoms with Crippen molar-refractivity contribution in [3.05, 3.63) is 72.9 Å². The second kappa shape index (κ2) is 47.2. The first-order valence-corrected chi connectivity index (χ1v) is 24.2. The van der Waals surface area contributed by atoms with E-state index in [0.717, 1.165) is 70.6 Å². The van der Waals surface area contributed by atoms with E-state index in [1.165, 1.54) is 141 Å². The number of allylic oxidation sites excluding steroid dienone is 11. The van der Waals surface area contributed by atoms with Crippen molar-refractivity contribution >= 4 is 5.91 Å². The van der Waals surface area contributed by atoms with Gasteiger partial charge in [0.25, 0.3) is 0 Å². The average molecular weight is 780 g/mol. The fourth-order valence-corrected chi connectivity index (χ4v) is 7.01. The third kappa shape index (κ3) is 43.0. The van der Waals surface area contributed by atoms with Crippen molar-refractivity contribution in [2.45, 2.75) is 244 Å². The van der Waals surface area contributed by atoms with Crippen LogP contribution in [0.5, 0.6) is 0 Å². The van der Waals surface area contributed by atoms with E-state index in [1.807, 2.05) is 6.08 Å². The van der Waals surface area contributed by atoms with E-state index >= 15 is 0 Å². The van der Waals surface area contributed by atoms with Crippen molar-refractivity contribution in [1.29, 1.82) is 0 Å². The van der Waals surface area contributed by atoms with Gasteiger partial charge in [0.2, 0.25) is 5.91 Å². The third-order valence-electron chi connectivity index (χ3n) is 10.7. The molecule has 0 saturated heterocycles. The first-order chi connectivity index (χ1) is 27.7. The quantitative estimate of drug-likeness (QED) is 0.0426. The van der Waals surface area contributed by atoms with Gasteiger partial charge in [0.1, 0.15) is 0 Å². The molecular formula is C52H93NO3. The molecule has 2 unspecified atom stereocenters. The standard InChI is InChI=1S/C52H93NO3/c1-3-5-7-9-11-13-15-17-19-21-23-24-25-26-27-28-30-31-33-35-37-39-41-43-45-47-51(55)50(49-54)53-52(56)48-46-44-42-40-38-36-34-32-29-22-20-18-16-14-12-10-8-6-4-2/h6,8,12,14,18,20,29,32,37,39,45,47,50-51,54-55H,3-5,7,9-11,13,15-17,19,21-28,30-31,33-36,38,40-44,46,48-49H2,1-2H3,(H,53,56)/b8-6-,14-12-,20-18-,32-29-,39-37+,47-45+. The van der Waals surface area contributed by atoms with Crippen LogP contribution in [0.4, 0.5) is 0 Å². The van der Waals surface area contributed by atoms with Crippen molar-refractivity contribution in [3.63, 3.8) is 0 Å². The van der Waals surface area contributed by atoms with Crippen LogP contribution in [0.3, 0.4) is 0 Å². The summed E-state index contributed by atoms with van der Waals surface area (Å²) in [6.45, 7) is 4.18. The molecule has 0 aliphatic carbocycles. The molecule has 0 rings (SSSR count). The van der Waals surface area contributed by atoms with Crippen LogP contribution in [-0.2, 0) is 4.79 Å². The van der Waals surface area contributed by atoms with Gasteiger partial charge in [-0.1, -0.05) is 228 Å². The maximum absolute atomic E-state index is 12.4. The van der Waals surface area contributed by atoms with E-state index in [2.05, 4.69) is 79.9 Å². The molecule has 4 nitrogen and oxygen atoms in total. The molecule has 0 spiro atoms. The molecule has 3 N–H and O–H groups in total. The zero-order chi connectivity index (χ0) is 40.7. The summed E-state index contributed by atoms with van der Waals surface area (Å²) in [5.74, 6) is -0.0893. The Hall–Kier alpha value is -2.17. The number of aliphatic hydroxyl groups excluding tert-OH is 2. The Morgan fingerprint density at radius 3 is 1.25 bits per heavy atom. The lowest BCUT2D eigenvalue weighted by Crippen LogP contribution is -2.45. The first-order valence-electron chi connectivity index (χ1n) is 24.2. The van der Waals surface area contributed by atoms with Gasteiger partial charge in [-0.15, -0.1) is 0 Å². The molecule has 0 saturated carbocycles. The van der Waals surface area contributed by atoms with E-state index in [1.54, 1.807) is 6.08 Å². The molecule has 0 radical (unpaired) electrons. The summed E-state index contributed by atoms with van der Waals surface area (Å²) in [6.07, 6.45) is 67.4. The highest BCUT2D eigenvalue weighted by Crippen LogP contribution is 2.15. The summed E-state index contributed by atoms with van der Waals surface area (Å²) in [5.41, 5.74) is 0. The van der Waals surface area contributed by atoms with Gasteiger partial charge < -0.3 is 15.5 Å². The molecule has 0 fully saturated rings. The number of carbonyl (C=O) groups is 1. The maximum Gasteiger partial charge on any atom is 0.220 e. The van der Waals surface area contributed by atoms with Crippen LogP contribution >= 0.6 is 0 Å². The minimum Gasteiger partial charge on any atom is -0.394 e. The second-order valence-electron chi connectivity index (χ2n) is 16.1. The normalized spacial score (nSPS) is 13.6. The summed E-state index contributed by atoms with van der Waals surface area (Å²) >= 11 is 0. The third-order valence-corrected chi connectivity index (χ3v) is 10.7. The number of carbonyl (C=O) groups excluding carboxylic acids is 1. The number of nitrogens with one attached hydrogen (secondary N) is 1. The zero-order valence-electron chi connectivity index (χ0n) is 37.1. The highest BCUT2D eigenvalue weighted by molar-refractivity contribution is 5.76. The van der Waals surface area contributed by atoms with Crippen LogP contribution in [0, 0.1) is 0 Å². The van der Waals surface area contributed by atoms with E-state index in [9.17, 15) is 15.0 Å². The van der Waals surface area contributed by atoms with Gasteiger partial charge in [-0.2, -0.15) is 0 Å². The summed E-state index contributed by atoms with van der Waals surface area (Å²) < 4.78 is 0. The molecule has 0 aromatic heterocycles. The van der Waals surface area contributed by atoms with Gasteiger partial charge >= 0.3 is 0 Å². The molecule has 1 amide bonds. The smallest absolute Gasteiger partial charge is 0.220 e. The summed E-state index contributed by atoms with van der Waals surface area (Å²) in [6, 6.07) is -0.651. The number of hydrogen-bond acceptors (Lipinski definition) is 3. The first kappa shape index (κ1) is 53.8. The minimum absolute atomic E-state index is 0.0893. The number of aliphatic hydroxyl groups is 2. The molecule has 0 aliphatic heterocycles. The monoisotopic (exact) mass is 780 g/mol. The summed E-state index contributed by atoms with van der Waals surface area (Å²) in [4.78, 5) is 12.4. The van der Waals surface area contributed by atoms with E-state index in [4.69, 9.17) is 0 Å². The van der Waals surface area contributed by atoms with Crippen LogP contribution in [0.25, 0.3) is 0 Å². The lowest BCUT2D eigenvalue weighted by Gasteiger charge is -2.19. The highest BCUT2D eigenvalue weighted by atomic mass is 16.3. The van der Waals surface area contributed by atoms with Gasteiger partial charge in [0.15, 0.2) is 0 Å². The Bertz CT molecular complexity index is 977. The van der Waals surface area contributed by atoms with Crippen molar-refractivity contribution < 1.29 is 15.0 Å². The van der Waals surface area contributed by atoms with Gasteiger partial charge in [-0.3, -0.25) is 4.79 Å². The van der Waals surface area contributed by atoms with Crippen LogP contribution in [0.15, 0.2) is 72.9 Å². The molecule has 0 bridgehead atoms. The molecule has 324 valence electrons. The van der Waals surface area contributed by atoms with Crippen molar-refractivity contribution in [2.75, 3.05) is 6.61 Å². The van der Waals surface area contributed by atoms with Gasteiger partial charge in [0.05, 0.1) is 18.8 Å². The van der Waals surface area contributed by atoms with E-state index in [-0.39, 0.29) is 12.5 Å². The van der Waals surface area contributed by atoms with Crippen molar-refractivity contribution in [2.24, 2.45) is 0 Å². The summed E-state index contributed by atoms with van der Waals surface area (Å²) in [5, 5.41) is 23.0. The lowest BCUT2D eigenvalue weighted by molar-refractivity contribution is -0.123. The number of amides is 1. The highest BCUT2D eigenvalue weighted by Gasteiger charge is 2.17. The Morgan fingerprint density at radius 2 is 0.804 bits per heavy atom. The molecular weight excluding hydrogens is 687 g/mol. The van der Waals surface area contributed by atoms with Crippen LogP contribution in [-0.4, -0.2) is 34.9 Å². The van der Waals surface area contributed by atoms with Crippen molar-refractivity contribution in [1.82, 2.24) is 5.32 Å². The molecule has 2 atom stereocenters. The molecule has 0 aromatic carbocycles. The molecule has 56 heavy (non-hydrogen) atoms. The topological polar surface area (TPSA) is 69.6 Å². The molecule has 0 heterocycles. The Morgan fingerprint density at radius 1 is 0.446 bits per heavy atom. The van der Waals surface area contributed by atoms with E-state index in [0.29, 0.717) is 6.42 Å². The van der Waals surface area contributed by atoms with Crippen LogP contribution in [0.1, 0.15) is 232 Å². The second-order valence-corrected chi connectivity index (χ2v) is 16.1. The Labute approximate surface area is 349 Å². The average Bonchev–Trinajstić information content (AvgIpc) is 3.20. The number of hydrogen-bond donors (Lipinski definition) is 3. The minimum atomic E-state index is -0.873. The summed E-state index contributed by atoms with van der Waals surface area (Å²) in [7, 11) is 0. The van der Waals surface area contributed by atoms with Crippen molar-refractivity contribution in [3.8, 4) is 0 Å². The largest absolute Gasteiger partial charge is 0.394 e. The maximum atomic E-state index is 12.4. The Balaban J connectivity index is 3.61. The van der Waals surface area contributed by atoms with Crippen LogP contribution in [0.2, 0.25) is 0 Å². The predicted molar refractivity (Wildman–Crippen MR) is 248 cm³/mol. The molecule has 0 aliphatic rings. The zero-order valence-corrected chi connectivity index (χ0v) is 37.1.